The maximum absolute atomic E-state index is 2.23. The van der Waals surface area contributed by atoms with Gasteiger partial charge in [-0.2, -0.15) is 0 Å². The molecule has 9 heavy (non-hydrogen) atoms. The molecule has 0 aliphatic heterocycles. The largest absolute Gasteiger partial charge is 0.129 e. The lowest BCUT2D eigenvalue weighted by Gasteiger charge is -1.81. The van der Waals surface area contributed by atoms with E-state index in [1.807, 2.05) is 13.8 Å². The molecule has 0 spiro atoms. The van der Waals surface area contributed by atoms with Crippen LogP contribution in [-0.2, 0) is 0 Å². The Labute approximate surface area is 64.4 Å². The molecule has 0 radical (unpaired) electrons. The molecule has 0 aromatic heterocycles. The molecule has 0 saturated carbocycles. The lowest BCUT2D eigenvalue weighted by atomic mass is 11.0. The summed E-state index contributed by atoms with van der Waals surface area (Å²) in [4.78, 5) is 0. The SMILES string of the molecule is CC.CP(C)C.CPC. The van der Waals surface area contributed by atoms with Gasteiger partial charge in [0.2, 0.25) is 0 Å². The number of hydrogen-bond donors (Lipinski definition) is 0. The van der Waals surface area contributed by atoms with Gasteiger partial charge in [0.15, 0.2) is 0 Å². The van der Waals surface area contributed by atoms with E-state index in [4.69, 9.17) is 0 Å². The van der Waals surface area contributed by atoms with Crippen molar-refractivity contribution in [3.63, 3.8) is 0 Å². The molecule has 2 heteroatoms. The molecular weight excluding hydrogens is 146 g/mol. The van der Waals surface area contributed by atoms with Gasteiger partial charge in [-0.1, -0.05) is 13.8 Å². The Hall–Kier alpha value is 0.860. The van der Waals surface area contributed by atoms with Crippen molar-refractivity contribution in [3.8, 4) is 0 Å². The summed E-state index contributed by atoms with van der Waals surface area (Å²) in [6.45, 7) is 15.0. The standard InChI is InChI=1S/C3H9P.C2H7P.C2H6/c1-4(2)3;1-3-2;1-2/h1-3H3;3H,1-2H3;1-2H3. The van der Waals surface area contributed by atoms with Crippen molar-refractivity contribution in [2.45, 2.75) is 13.8 Å². The zero-order chi connectivity index (χ0) is 8.28. The summed E-state index contributed by atoms with van der Waals surface area (Å²) >= 11 is 0. The minimum Gasteiger partial charge on any atom is -0.129 e. The lowest BCUT2D eigenvalue weighted by Crippen LogP contribution is -1.48. The lowest BCUT2D eigenvalue weighted by molar-refractivity contribution is 1.50. The van der Waals surface area contributed by atoms with Crippen LogP contribution >= 0.6 is 16.5 Å². The van der Waals surface area contributed by atoms with E-state index in [1.54, 1.807) is 0 Å². The molecule has 0 aliphatic carbocycles. The van der Waals surface area contributed by atoms with Crippen LogP contribution in [0.5, 0.6) is 0 Å². The molecule has 0 amide bonds. The van der Waals surface area contributed by atoms with Gasteiger partial charge in [-0.3, -0.25) is 0 Å². The van der Waals surface area contributed by atoms with E-state index >= 15 is 0 Å². The van der Waals surface area contributed by atoms with Crippen molar-refractivity contribution >= 4 is 16.5 Å². The summed E-state index contributed by atoms with van der Waals surface area (Å²) in [6.07, 6.45) is 0. The van der Waals surface area contributed by atoms with E-state index in [1.165, 1.54) is 0 Å². The third-order valence-electron chi connectivity index (χ3n) is 0. The van der Waals surface area contributed by atoms with Gasteiger partial charge in [-0.15, -0.1) is 16.5 Å². The average molecular weight is 168 g/mol. The van der Waals surface area contributed by atoms with Crippen molar-refractivity contribution in [2.75, 3.05) is 33.3 Å². The molecule has 0 fully saturated rings. The summed E-state index contributed by atoms with van der Waals surface area (Å²) < 4.78 is 0. The minimum absolute atomic E-state index is 0.380. The van der Waals surface area contributed by atoms with Crippen molar-refractivity contribution < 1.29 is 0 Å². The van der Waals surface area contributed by atoms with Gasteiger partial charge >= 0.3 is 0 Å². The van der Waals surface area contributed by atoms with Crippen molar-refractivity contribution in [1.82, 2.24) is 0 Å². The van der Waals surface area contributed by atoms with Gasteiger partial charge < -0.3 is 0 Å². The van der Waals surface area contributed by atoms with E-state index in [9.17, 15) is 0 Å². The summed E-state index contributed by atoms with van der Waals surface area (Å²) in [6, 6.07) is 0. The minimum atomic E-state index is 0.380. The highest BCUT2D eigenvalue weighted by atomic mass is 31.1. The van der Waals surface area contributed by atoms with Gasteiger partial charge in [0.1, 0.15) is 0 Å². The van der Waals surface area contributed by atoms with Crippen molar-refractivity contribution in [3.05, 3.63) is 0 Å². The highest BCUT2D eigenvalue weighted by Crippen LogP contribution is 2.14. The molecule has 0 N–H and O–H groups in total. The Balaban J connectivity index is -0.0000000646. The van der Waals surface area contributed by atoms with Crippen LogP contribution in [0.4, 0.5) is 0 Å². The molecule has 0 aliphatic rings. The Kier molecular flexibility index (Phi) is 42.4. The fraction of sp³-hybridized carbons (Fsp3) is 1.00. The van der Waals surface area contributed by atoms with Crippen LogP contribution in [-0.4, -0.2) is 33.3 Å². The first kappa shape index (κ1) is 16.4. The molecule has 0 nitrogen and oxygen atoms in total. The molecule has 0 bridgehead atoms. The number of hydrogen-bond acceptors (Lipinski definition) is 0. The van der Waals surface area contributed by atoms with Crippen molar-refractivity contribution in [1.29, 1.82) is 0 Å². The molecule has 0 aromatic carbocycles. The third kappa shape index (κ3) is 564. The smallest absolute Gasteiger partial charge is 0.0449 e. The van der Waals surface area contributed by atoms with E-state index < -0.39 is 0 Å². The zero-order valence-corrected chi connectivity index (χ0v) is 9.84. The van der Waals surface area contributed by atoms with Gasteiger partial charge in [0.05, 0.1) is 0 Å². The van der Waals surface area contributed by atoms with Crippen LogP contribution in [0.25, 0.3) is 0 Å². The normalized spacial score (nSPS) is 6.67. The Bertz CT molecular complexity index is 18.1. The van der Waals surface area contributed by atoms with Crippen LogP contribution in [0.2, 0.25) is 0 Å². The molecule has 0 rings (SSSR count). The van der Waals surface area contributed by atoms with Crippen LogP contribution < -0.4 is 0 Å². The van der Waals surface area contributed by atoms with Gasteiger partial charge in [-0.05, 0) is 33.3 Å². The Morgan fingerprint density at radius 1 is 0.889 bits per heavy atom. The predicted molar refractivity (Wildman–Crippen MR) is 56.2 cm³/mol. The van der Waals surface area contributed by atoms with Crippen LogP contribution in [0.3, 0.4) is 0 Å². The Morgan fingerprint density at radius 2 is 0.889 bits per heavy atom. The monoisotopic (exact) mass is 168 g/mol. The summed E-state index contributed by atoms with van der Waals surface area (Å²) in [5, 5.41) is 0. The van der Waals surface area contributed by atoms with Gasteiger partial charge in [0.25, 0.3) is 0 Å². The summed E-state index contributed by atoms with van der Waals surface area (Å²) in [7, 11) is 1.46. The van der Waals surface area contributed by atoms with E-state index in [-0.39, 0.29) is 0 Å². The second kappa shape index (κ2) is 23.2. The van der Waals surface area contributed by atoms with Gasteiger partial charge in [-0.25, -0.2) is 0 Å². The van der Waals surface area contributed by atoms with Gasteiger partial charge in [0, 0.05) is 0 Å². The van der Waals surface area contributed by atoms with Crippen LogP contribution in [0.15, 0.2) is 0 Å². The van der Waals surface area contributed by atoms with E-state index in [0.717, 1.165) is 8.58 Å². The quantitative estimate of drug-likeness (QED) is 0.487. The predicted octanol–water partition coefficient (Wildman–Crippen LogP) is 3.31. The Morgan fingerprint density at radius 3 is 0.889 bits per heavy atom. The first-order valence-electron chi connectivity index (χ1n) is 3.34. The molecular formula is C7H22P2. The molecule has 0 heterocycles. The maximum atomic E-state index is 2.23. The highest BCUT2D eigenvalue weighted by molar-refractivity contribution is 7.55. The maximum Gasteiger partial charge on any atom is -0.0449 e. The average Bonchev–Trinajstić information content (AvgIpc) is 1.71. The topological polar surface area (TPSA) is 0 Å². The molecule has 0 unspecified atom stereocenters. The fourth-order valence-electron chi connectivity index (χ4n) is 0. The third-order valence-corrected chi connectivity index (χ3v) is 0. The second-order valence-electron chi connectivity index (χ2n) is 1.84. The highest BCUT2D eigenvalue weighted by Gasteiger charge is 1.65. The fourth-order valence-corrected chi connectivity index (χ4v) is 0. The first-order chi connectivity index (χ1) is 4.15. The summed E-state index contributed by atoms with van der Waals surface area (Å²) in [5.74, 6) is 0. The van der Waals surface area contributed by atoms with Crippen LogP contribution in [0.1, 0.15) is 13.8 Å². The van der Waals surface area contributed by atoms with Crippen molar-refractivity contribution in [2.24, 2.45) is 0 Å². The molecule has 0 atom stereocenters. The molecule has 60 valence electrons. The summed E-state index contributed by atoms with van der Waals surface area (Å²) in [5.41, 5.74) is 0. The van der Waals surface area contributed by atoms with E-state index in [0.29, 0.717) is 7.92 Å². The second-order valence-corrected chi connectivity index (χ2v) is 5.52. The zero-order valence-electron chi connectivity index (χ0n) is 7.95. The first-order valence-corrected chi connectivity index (χ1v) is 8.02. The number of rotatable bonds is 0. The molecule has 0 aromatic rings. The van der Waals surface area contributed by atoms with Crippen LogP contribution in [0, 0.1) is 0 Å². The van der Waals surface area contributed by atoms with E-state index in [2.05, 4.69) is 33.3 Å². The molecule has 0 saturated heterocycles.